The molecule has 5 aliphatic rings. The zero-order valence-corrected chi connectivity index (χ0v) is 19.0. The Balaban J connectivity index is 1.15. The number of ether oxygens (including phenoxy) is 1. The number of methoxy groups -OCH3 is 1. The summed E-state index contributed by atoms with van der Waals surface area (Å²) >= 11 is 0. The van der Waals surface area contributed by atoms with E-state index < -0.39 is 0 Å². The maximum atomic E-state index is 12.9. The number of aliphatic hydroxyl groups excluding tert-OH is 1. The van der Waals surface area contributed by atoms with Crippen LogP contribution in [0.1, 0.15) is 41.6 Å². The zero-order chi connectivity index (χ0) is 22.7. The first-order chi connectivity index (χ1) is 16.0. The Morgan fingerprint density at radius 1 is 1.21 bits per heavy atom. The van der Waals surface area contributed by atoms with Crippen molar-refractivity contribution in [3.05, 3.63) is 47.7 Å². The van der Waals surface area contributed by atoms with Crippen LogP contribution in [0.15, 0.2) is 36.5 Å². The van der Waals surface area contributed by atoms with Crippen LogP contribution in [0, 0.1) is 11.8 Å². The number of amides is 1. The van der Waals surface area contributed by atoms with Gasteiger partial charge < -0.3 is 20.9 Å². The number of nitrogen functional groups attached to an aromatic ring is 1. The van der Waals surface area contributed by atoms with Gasteiger partial charge in [-0.3, -0.25) is 9.69 Å². The second-order valence-corrected chi connectivity index (χ2v) is 10.3. The molecule has 7 rings (SSSR count). The number of carbonyl (C=O) groups excluding carboxylic acids is 1. The van der Waals surface area contributed by atoms with E-state index in [9.17, 15) is 9.90 Å². The summed E-state index contributed by atoms with van der Waals surface area (Å²) in [6.45, 7) is 2.97. The molecule has 0 spiro atoms. The molecule has 3 heterocycles. The van der Waals surface area contributed by atoms with E-state index in [1.165, 1.54) is 5.56 Å². The highest BCUT2D eigenvalue weighted by Crippen LogP contribution is 2.83. The average molecular weight is 449 g/mol. The second kappa shape index (κ2) is 7.79. The zero-order valence-electron chi connectivity index (χ0n) is 19.0. The average Bonchev–Trinajstić information content (AvgIpc) is 3.66. The molecule has 2 aliphatic heterocycles. The third kappa shape index (κ3) is 3.36. The SMILES string of the molecule is COCCN1CC2(c3ccc(-c4cnc(N)c(C(=O)NC5CCC(O)CC5)c4)cc3)C3C1[C@H]32. The fourth-order valence-corrected chi connectivity index (χ4v) is 6.58. The van der Waals surface area contributed by atoms with E-state index >= 15 is 0 Å². The lowest BCUT2D eigenvalue weighted by atomic mass is 9.87. The van der Waals surface area contributed by atoms with Gasteiger partial charge in [0.05, 0.1) is 18.3 Å². The van der Waals surface area contributed by atoms with Crippen molar-refractivity contribution in [3.63, 3.8) is 0 Å². The number of benzene rings is 1. The van der Waals surface area contributed by atoms with Crippen LogP contribution in [0.5, 0.6) is 0 Å². The number of anilines is 1. The largest absolute Gasteiger partial charge is 0.393 e. The molecule has 2 bridgehead atoms. The van der Waals surface area contributed by atoms with Crippen molar-refractivity contribution >= 4 is 11.7 Å². The van der Waals surface area contributed by atoms with Gasteiger partial charge in [0.2, 0.25) is 0 Å². The summed E-state index contributed by atoms with van der Waals surface area (Å²) < 4.78 is 5.27. The van der Waals surface area contributed by atoms with Crippen LogP contribution < -0.4 is 11.1 Å². The summed E-state index contributed by atoms with van der Waals surface area (Å²) in [6.07, 6.45) is 4.51. The Morgan fingerprint density at radius 3 is 2.64 bits per heavy atom. The number of fused-ring (bicyclic) bond motifs is 1. The second-order valence-electron chi connectivity index (χ2n) is 10.3. The van der Waals surface area contributed by atoms with Crippen LogP contribution in [0.3, 0.4) is 0 Å². The van der Waals surface area contributed by atoms with Gasteiger partial charge in [-0.15, -0.1) is 0 Å². The van der Waals surface area contributed by atoms with E-state index in [1.807, 2.05) is 6.07 Å². The molecule has 7 nitrogen and oxygen atoms in total. The molecular formula is C26H32N4O3. The minimum Gasteiger partial charge on any atom is -0.393 e. The van der Waals surface area contributed by atoms with Gasteiger partial charge in [-0.2, -0.15) is 0 Å². The van der Waals surface area contributed by atoms with Gasteiger partial charge in [-0.05, 0) is 54.7 Å². The predicted molar refractivity (Wildman–Crippen MR) is 126 cm³/mol. The lowest BCUT2D eigenvalue weighted by Crippen LogP contribution is -2.38. The number of aromatic nitrogens is 1. The summed E-state index contributed by atoms with van der Waals surface area (Å²) in [5, 5.41) is 12.8. The molecule has 3 saturated carbocycles. The predicted octanol–water partition coefficient (Wildman–Crippen LogP) is 2.19. The number of carbonyl (C=O) groups is 1. The summed E-state index contributed by atoms with van der Waals surface area (Å²) in [4.78, 5) is 19.8. The molecule has 0 radical (unpaired) electrons. The normalized spacial score (nSPS) is 34.1. The molecule has 5 fully saturated rings. The topological polar surface area (TPSA) is 101 Å². The summed E-state index contributed by atoms with van der Waals surface area (Å²) in [7, 11) is 1.77. The summed E-state index contributed by atoms with van der Waals surface area (Å²) in [6, 6.07) is 11.5. The van der Waals surface area contributed by atoms with Crippen LogP contribution >= 0.6 is 0 Å². The van der Waals surface area contributed by atoms with Crippen molar-refractivity contribution in [3.8, 4) is 11.1 Å². The van der Waals surface area contributed by atoms with Crippen molar-refractivity contribution in [2.75, 3.05) is 32.5 Å². The molecule has 174 valence electrons. The van der Waals surface area contributed by atoms with E-state index in [2.05, 4.69) is 39.5 Å². The van der Waals surface area contributed by atoms with Crippen LogP contribution in [-0.4, -0.2) is 65.9 Å². The number of nitrogens with two attached hydrogens (primary N) is 1. The van der Waals surface area contributed by atoms with Gasteiger partial charge in [0.25, 0.3) is 5.91 Å². The van der Waals surface area contributed by atoms with Crippen molar-refractivity contribution < 1.29 is 14.6 Å². The molecule has 2 aromatic rings. The molecule has 3 aliphatic carbocycles. The third-order valence-corrected chi connectivity index (χ3v) is 8.48. The van der Waals surface area contributed by atoms with Crippen molar-refractivity contribution in [1.82, 2.24) is 15.2 Å². The molecule has 1 aromatic heterocycles. The molecule has 4 N–H and O–H groups in total. The maximum absolute atomic E-state index is 12.9. The molecular weight excluding hydrogens is 416 g/mol. The van der Waals surface area contributed by atoms with Crippen molar-refractivity contribution in [1.29, 1.82) is 0 Å². The summed E-state index contributed by atoms with van der Waals surface area (Å²) in [5.74, 6) is 1.71. The highest BCUT2D eigenvalue weighted by atomic mass is 16.5. The third-order valence-electron chi connectivity index (χ3n) is 8.48. The molecule has 4 atom stereocenters. The maximum Gasteiger partial charge on any atom is 0.255 e. The van der Waals surface area contributed by atoms with Crippen molar-refractivity contribution in [2.24, 2.45) is 11.8 Å². The number of hydrogen-bond acceptors (Lipinski definition) is 6. The Morgan fingerprint density at radius 2 is 1.94 bits per heavy atom. The van der Waals surface area contributed by atoms with E-state index in [-0.39, 0.29) is 23.9 Å². The molecule has 33 heavy (non-hydrogen) atoms. The number of aliphatic hydroxyl groups is 1. The van der Waals surface area contributed by atoms with Gasteiger partial charge in [-0.25, -0.2) is 4.98 Å². The molecule has 2 saturated heterocycles. The van der Waals surface area contributed by atoms with Gasteiger partial charge in [0.15, 0.2) is 0 Å². The number of piperidine rings is 1. The fourth-order valence-electron chi connectivity index (χ4n) is 6.58. The standard InChI is InChI=1S/C26H32N4O3/c1-33-11-10-30-14-26(21-22(26)23(21)30)17-4-2-15(3-5-17)16-12-20(24(27)28-13-16)25(32)29-18-6-8-19(31)9-7-18/h2-5,12-13,18-19,21-23,31H,6-11,14H2,1H3,(H2,27,28)(H,29,32)/t18?,19?,21-,22?,23?,26?/m0/s1. The van der Waals surface area contributed by atoms with E-state index in [4.69, 9.17) is 10.5 Å². The van der Waals surface area contributed by atoms with Gasteiger partial charge >= 0.3 is 0 Å². The van der Waals surface area contributed by atoms with E-state index in [0.717, 1.165) is 74.4 Å². The molecule has 3 unspecified atom stereocenters. The van der Waals surface area contributed by atoms with Gasteiger partial charge in [-0.1, -0.05) is 24.3 Å². The van der Waals surface area contributed by atoms with E-state index in [1.54, 1.807) is 13.3 Å². The van der Waals surface area contributed by atoms with Crippen LogP contribution in [0.25, 0.3) is 11.1 Å². The van der Waals surface area contributed by atoms with Crippen LogP contribution in [0.2, 0.25) is 0 Å². The number of rotatable bonds is 7. The monoisotopic (exact) mass is 448 g/mol. The Hall–Kier alpha value is -2.48. The van der Waals surface area contributed by atoms with Gasteiger partial charge in [0, 0.05) is 49.5 Å². The first kappa shape index (κ1) is 21.1. The fraction of sp³-hybridized carbons (Fsp3) is 0.538. The lowest BCUT2D eigenvalue weighted by molar-refractivity contribution is 0.0868. The first-order valence-electron chi connectivity index (χ1n) is 12.1. The molecule has 1 amide bonds. The summed E-state index contributed by atoms with van der Waals surface area (Å²) in [5.41, 5.74) is 10.2. The van der Waals surface area contributed by atoms with Crippen molar-refractivity contribution in [2.45, 2.75) is 49.3 Å². The van der Waals surface area contributed by atoms with E-state index in [0.29, 0.717) is 11.0 Å². The number of nitrogens with zero attached hydrogens (tertiary/aromatic N) is 2. The first-order valence-corrected chi connectivity index (χ1v) is 12.1. The lowest BCUT2D eigenvalue weighted by Gasteiger charge is -2.26. The van der Waals surface area contributed by atoms with Crippen LogP contribution in [0.4, 0.5) is 5.82 Å². The van der Waals surface area contributed by atoms with Gasteiger partial charge in [0.1, 0.15) is 5.82 Å². The minimum absolute atomic E-state index is 0.0752. The number of hydrogen-bond donors (Lipinski definition) is 3. The Labute approximate surface area is 194 Å². The Bertz CT molecular complexity index is 1050. The van der Waals surface area contributed by atoms with Crippen LogP contribution in [-0.2, 0) is 10.2 Å². The quantitative estimate of drug-likeness (QED) is 0.600. The minimum atomic E-state index is -0.249. The Kier molecular flexibility index (Phi) is 4.98. The number of pyridine rings is 1. The highest BCUT2D eigenvalue weighted by Gasteiger charge is 2.90. The molecule has 7 heteroatoms. The smallest absolute Gasteiger partial charge is 0.255 e. The molecule has 1 aromatic carbocycles. The number of nitrogens with one attached hydrogen (secondary N) is 1. The highest BCUT2D eigenvalue weighted by molar-refractivity contribution is 5.99.